The first-order chi connectivity index (χ1) is 13.4. The molecule has 2 aromatic rings. The minimum absolute atomic E-state index is 0.0173. The van der Waals surface area contributed by atoms with Crippen LogP contribution in [0.3, 0.4) is 0 Å². The maximum Gasteiger partial charge on any atom is 0.242 e. The first-order valence-corrected chi connectivity index (χ1v) is 11.6. The fourth-order valence-corrected chi connectivity index (χ4v) is 5.94. The SMILES string of the molecule is CCN(CC)C(=O)CN(C)C(=O)CSc1ncnc2sc3c(c12)CC[C@@H](C)C3. The van der Waals surface area contributed by atoms with Gasteiger partial charge in [0.15, 0.2) is 0 Å². The lowest BCUT2D eigenvalue weighted by Gasteiger charge is -2.23. The fraction of sp³-hybridized carbons (Fsp3) is 0.600. The van der Waals surface area contributed by atoms with Crippen molar-refractivity contribution < 1.29 is 9.59 Å². The smallest absolute Gasteiger partial charge is 0.242 e. The molecule has 6 nitrogen and oxygen atoms in total. The van der Waals surface area contributed by atoms with Gasteiger partial charge in [-0.1, -0.05) is 18.7 Å². The van der Waals surface area contributed by atoms with E-state index in [2.05, 4.69) is 16.9 Å². The summed E-state index contributed by atoms with van der Waals surface area (Å²) in [6.45, 7) is 7.62. The maximum atomic E-state index is 12.6. The fourth-order valence-electron chi connectivity index (χ4n) is 3.56. The van der Waals surface area contributed by atoms with Gasteiger partial charge < -0.3 is 9.80 Å². The van der Waals surface area contributed by atoms with Gasteiger partial charge in [0.2, 0.25) is 11.8 Å². The number of hydrogen-bond acceptors (Lipinski definition) is 6. The summed E-state index contributed by atoms with van der Waals surface area (Å²) in [4.78, 5) is 39.4. The van der Waals surface area contributed by atoms with Crippen LogP contribution < -0.4 is 0 Å². The molecule has 0 fully saturated rings. The van der Waals surface area contributed by atoms with Crippen molar-refractivity contribution in [2.24, 2.45) is 5.92 Å². The summed E-state index contributed by atoms with van der Waals surface area (Å²) in [6.07, 6.45) is 4.94. The van der Waals surface area contributed by atoms with Gasteiger partial charge >= 0.3 is 0 Å². The Morgan fingerprint density at radius 1 is 1.25 bits per heavy atom. The van der Waals surface area contributed by atoms with E-state index in [0.717, 1.165) is 28.1 Å². The van der Waals surface area contributed by atoms with E-state index in [9.17, 15) is 9.59 Å². The van der Waals surface area contributed by atoms with Crippen LogP contribution in [-0.4, -0.2) is 64.0 Å². The number of aryl methyl sites for hydroxylation is 1. The summed E-state index contributed by atoms with van der Waals surface area (Å²) in [7, 11) is 1.69. The van der Waals surface area contributed by atoms with Crippen LogP contribution in [0, 0.1) is 5.92 Å². The Hall–Kier alpha value is -1.67. The van der Waals surface area contributed by atoms with E-state index in [1.807, 2.05) is 13.8 Å². The van der Waals surface area contributed by atoms with E-state index < -0.39 is 0 Å². The zero-order valence-corrected chi connectivity index (χ0v) is 18.7. The summed E-state index contributed by atoms with van der Waals surface area (Å²) in [5, 5.41) is 2.02. The van der Waals surface area contributed by atoms with E-state index in [-0.39, 0.29) is 24.1 Å². The molecule has 0 unspecified atom stereocenters. The molecule has 0 radical (unpaired) electrons. The minimum Gasteiger partial charge on any atom is -0.342 e. The molecule has 1 aliphatic carbocycles. The van der Waals surface area contributed by atoms with E-state index >= 15 is 0 Å². The van der Waals surface area contributed by atoms with Crippen molar-refractivity contribution in [2.75, 3.05) is 32.4 Å². The standard InChI is InChI=1S/C20H28N4O2S2/c1-5-24(6-2)16(25)10-23(4)17(26)11-27-19-18-14-8-7-13(3)9-15(14)28-20(18)22-12-21-19/h12-13H,5-11H2,1-4H3/t13-/m1/s1. The zero-order chi connectivity index (χ0) is 20.3. The van der Waals surface area contributed by atoms with Gasteiger partial charge in [-0.3, -0.25) is 9.59 Å². The Bertz CT molecular complexity index is 863. The molecule has 0 spiro atoms. The van der Waals surface area contributed by atoms with Crippen LogP contribution in [0.4, 0.5) is 0 Å². The number of carbonyl (C=O) groups excluding carboxylic acids is 2. The lowest BCUT2D eigenvalue weighted by molar-refractivity contribution is -0.137. The van der Waals surface area contributed by atoms with Crippen molar-refractivity contribution in [3.63, 3.8) is 0 Å². The third kappa shape index (κ3) is 4.49. The molecule has 2 amide bonds. The number of rotatable bonds is 7. The molecule has 0 aromatic carbocycles. The normalized spacial score (nSPS) is 16.1. The molecule has 1 aliphatic rings. The number of likely N-dealkylation sites (N-methyl/N-ethyl adjacent to an activating group) is 2. The van der Waals surface area contributed by atoms with Gasteiger partial charge in [0, 0.05) is 30.4 Å². The molecule has 152 valence electrons. The van der Waals surface area contributed by atoms with E-state index in [0.29, 0.717) is 19.0 Å². The third-order valence-corrected chi connectivity index (χ3v) is 7.44. The van der Waals surface area contributed by atoms with Crippen molar-refractivity contribution in [3.05, 3.63) is 16.8 Å². The maximum absolute atomic E-state index is 12.6. The number of hydrogen-bond donors (Lipinski definition) is 0. The number of aromatic nitrogens is 2. The molecule has 8 heteroatoms. The third-order valence-electron chi connectivity index (χ3n) is 5.30. The van der Waals surface area contributed by atoms with Gasteiger partial charge in [-0.05, 0) is 44.6 Å². The first-order valence-electron chi connectivity index (χ1n) is 9.84. The number of nitrogens with zero attached hydrogens (tertiary/aromatic N) is 4. The van der Waals surface area contributed by atoms with Crippen LogP contribution in [-0.2, 0) is 22.4 Å². The largest absolute Gasteiger partial charge is 0.342 e. The van der Waals surface area contributed by atoms with Crippen molar-refractivity contribution in [2.45, 2.75) is 45.1 Å². The summed E-state index contributed by atoms with van der Waals surface area (Å²) >= 11 is 3.22. The number of fused-ring (bicyclic) bond motifs is 3. The summed E-state index contributed by atoms with van der Waals surface area (Å²) in [5.74, 6) is 0.907. The van der Waals surface area contributed by atoms with Crippen LogP contribution in [0.25, 0.3) is 10.2 Å². The molecular weight excluding hydrogens is 392 g/mol. The minimum atomic E-state index is -0.0602. The second kappa shape index (κ2) is 9.22. The topological polar surface area (TPSA) is 66.4 Å². The van der Waals surface area contributed by atoms with Gasteiger partial charge in [-0.2, -0.15) is 0 Å². The van der Waals surface area contributed by atoms with Gasteiger partial charge in [0.05, 0.1) is 12.3 Å². The van der Waals surface area contributed by atoms with Crippen molar-refractivity contribution in [1.82, 2.24) is 19.8 Å². The Balaban J connectivity index is 1.68. The predicted molar refractivity (Wildman–Crippen MR) is 115 cm³/mol. The number of carbonyl (C=O) groups is 2. The van der Waals surface area contributed by atoms with Crippen LogP contribution in [0.5, 0.6) is 0 Å². The monoisotopic (exact) mass is 420 g/mol. The number of thioether (sulfide) groups is 1. The molecular formula is C20H28N4O2S2. The lowest BCUT2D eigenvalue weighted by Crippen LogP contribution is -2.41. The van der Waals surface area contributed by atoms with Gasteiger partial charge in [-0.25, -0.2) is 9.97 Å². The van der Waals surface area contributed by atoms with E-state index in [1.54, 1.807) is 29.6 Å². The average Bonchev–Trinajstić information content (AvgIpc) is 3.04. The molecule has 0 saturated carbocycles. The number of thiophene rings is 1. The highest BCUT2D eigenvalue weighted by Gasteiger charge is 2.24. The second-order valence-electron chi connectivity index (χ2n) is 7.32. The Labute approximate surface area is 174 Å². The average molecular weight is 421 g/mol. The zero-order valence-electron chi connectivity index (χ0n) is 17.0. The summed E-state index contributed by atoms with van der Waals surface area (Å²) in [5.41, 5.74) is 1.37. The van der Waals surface area contributed by atoms with Crippen molar-refractivity contribution in [1.29, 1.82) is 0 Å². The van der Waals surface area contributed by atoms with E-state index in [1.165, 1.54) is 33.5 Å². The van der Waals surface area contributed by atoms with Crippen LogP contribution in [0.2, 0.25) is 0 Å². The lowest BCUT2D eigenvalue weighted by atomic mass is 9.89. The van der Waals surface area contributed by atoms with Gasteiger partial charge in [0.1, 0.15) is 16.2 Å². The Morgan fingerprint density at radius 3 is 2.71 bits per heavy atom. The Kier molecular flexibility index (Phi) is 6.93. The molecule has 0 saturated heterocycles. The molecule has 0 bridgehead atoms. The molecule has 3 rings (SSSR count). The van der Waals surface area contributed by atoms with Gasteiger partial charge in [-0.15, -0.1) is 11.3 Å². The van der Waals surface area contributed by atoms with Crippen molar-refractivity contribution in [3.8, 4) is 0 Å². The molecule has 0 aliphatic heterocycles. The van der Waals surface area contributed by atoms with Crippen molar-refractivity contribution >= 4 is 45.1 Å². The highest BCUT2D eigenvalue weighted by Crippen LogP contribution is 2.40. The molecule has 0 N–H and O–H groups in total. The van der Waals surface area contributed by atoms with E-state index in [4.69, 9.17) is 0 Å². The molecule has 2 aromatic heterocycles. The van der Waals surface area contributed by atoms with Gasteiger partial charge in [0.25, 0.3) is 0 Å². The molecule has 1 atom stereocenters. The summed E-state index contributed by atoms with van der Waals surface area (Å²) in [6, 6.07) is 0. The Morgan fingerprint density at radius 2 is 2.00 bits per heavy atom. The first kappa shape index (κ1) is 21.0. The van der Waals surface area contributed by atoms with Crippen LogP contribution >= 0.6 is 23.1 Å². The van der Waals surface area contributed by atoms with Crippen LogP contribution in [0.15, 0.2) is 11.4 Å². The summed E-state index contributed by atoms with van der Waals surface area (Å²) < 4.78 is 0. The molecule has 28 heavy (non-hydrogen) atoms. The number of amides is 2. The quantitative estimate of drug-likeness (QED) is 0.508. The van der Waals surface area contributed by atoms with Crippen LogP contribution in [0.1, 0.15) is 37.6 Å². The highest BCUT2D eigenvalue weighted by atomic mass is 32.2. The molecule has 2 heterocycles. The predicted octanol–water partition coefficient (Wildman–Crippen LogP) is 3.24. The highest BCUT2D eigenvalue weighted by molar-refractivity contribution is 8.00. The second-order valence-corrected chi connectivity index (χ2v) is 9.36.